The molecule has 0 fully saturated rings. The Bertz CT molecular complexity index is 445. The van der Waals surface area contributed by atoms with E-state index in [9.17, 15) is 0 Å². The van der Waals surface area contributed by atoms with Crippen molar-refractivity contribution in [2.75, 3.05) is 27.3 Å². The van der Waals surface area contributed by atoms with Gasteiger partial charge in [-0.25, -0.2) is 0 Å². The molecule has 21 heavy (non-hydrogen) atoms. The zero-order valence-corrected chi connectivity index (χ0v) is 13.7. The van der Waals surface area contributed by atoms with Crippen LogP contribution < -0.4 is 14.8 Å². The molecule has 1 unspecified atom stereocenters. The van der Waals surface area contributed by atoms with Crippen LogP contribution in [0.5, 0.6) is 11.5 Å². The third-order valence-corrected chi connectivity index (χ3v) is 4.43. The summed E-state index contributed by atoms with van der Waals surface area (Å²) in [5.74, 6) is 2.68. The van der Waals surface area contributed by atoms with Gasteiger partial charge in [0.1, 0.15) is 11.5 Å². The molecule has 1 aliphatic carbocycles. The Kier molecular flexibility index (Phi) is 6.37. The minimum atomic E-state index is 0.613. The van der Waals surface area contributed by atoms with E-state index in [1.165, 1.54) is 43.2 Å². The molecule has 0 saturated carbocycles. The van der Waals surface area contributed by atoms with Crippen LogP contribution in [-0.2, 0) is 6.42 Å². The summed E-state index contributed by atoms with van der Waals surface area (Å²) in [7, 11) is 3.54. The number of rotatable bonds is 8. The minimum Gasteiger partial charge on any atom is -0.496 e. The highest BCUT2D eigenvalue weighted by molar-refractivity contribution is 5.51. The zero-order valence-electron chi connectivity index (χ0n) is 13.7. The Hall–Kier alpha value is -1.22. The van der Waals surface area contributed by atoms with Crippen LogP contribution in [-0.4, -0.2) is 27.3 Å². The van der Waals surface area contributed by atoms with Gasteiger partial charge in [-0.15, -0.1) is 0 Å². The molecule has 0 aromatic heterocycles. The van der Waals surface area contributed by atoms with Crippen LogP contribution in [0, 0.1) is 0 Å². The van der Waals surface area contributed by atoms with Gasteiger partial charge in [-0.1, -0.05) is 6.92 Å². The summed E-state index contributed by atoms with van der Waals surface area (Å²) in [6.45, 7) is 4.45. The van der Waals surface area contributed by atoms with E-state index < -0.39 is 0 Å². The number of hydrogen-bond acceptors (Lipinski definition) is 3. The van der Waals surface area contributed by atoms with Gasteiger partial charge in [0.25, 0.3) is 0 Å². The standard InChI is InChI=1S/C18H29NO2/c1-4-12-19-13-6-8-14-7-5-9-15-16(20-2)10-11-17(21-3)18(14)15/h10-11,14,19H,4-9,12-13H2,1-3H3. The van der Waals surface area contributed by atoms with Crippen molar-refractivity contribution >= 4 is 0 Å². The molecule has 1 N–H and O–H groups in total. The molecule has 1 aliphatic rings. The highest BCUT2D eigenvalue weighted by atomic mass is 16.5. The van der Waals surface area contributed by atoms with Gasteiger partial charge in [0.15, 0.2) is 0 Å². The Balaban J connectivity index is 2.09. The summed E-state index contributed by atoms with van der Waals surface area (Å²) in [5.41, 5.74) is 2.77. The van der Waals surface area contributed by atoms with E-state index in [1.54, 1.807) is 14.2 Å². The SMILES string of the molecule is CCCNCCCC1CCCc2c(OC)ccc(OC)c21. The molecule has 0 saturated heterocycles. The first-order valence-electron chi connectivity index (χ1n) is 8.26. The number of ether oxygens (including phenoxy) is 2. The number of methoxy groups -OCH3 is 2. The van der Waals surface area contributed by atoms with Gasteiger partial charge >= 0.3 is 0 Å². The molecule has 0 radical (unpaired) electrons. The van der Waals surface area contributed by atoms with Crippen LogP contribution in [0.4, 0.5) is 0 Å². The maximum atomic E-state index is 5.62. The van der Waals surface area contributed by atoms with Crippen molar-refractivity contribution < 1.29 is 9.47 Å². The second-order valence-electron chi connectivity index (χ2n) is 5.84. The van der Waals surface area contributed by atoms with E-state index in [-0.39, 0.29) is 0 Å². The highest BCUT2D eigenvalue weighted by Gasteiger charge is 2.26. The molecule has 2 rings (SSSR count). The van der Waals surface area contributed by atoms with Gasteiger partial charge in [-0.3, -0.25) is 0 Å². The zero-order chi connectivity index (χ0) is 15.1. The largest absolute Gasteiger partial charge is 0.496 e. The predicted molar refractivity (Wildman–Crippen MR) is 87.6 cm³/mol. The number of benzene rings is 1. The van der Waals surface area contributed by atoms with Gasteiger partial charge in [-0.2, -0.15) is 0 Å². The van der Waals surface area contributed by atoms with Crippen LogP contribution in [0.1, 0.15) is 56.1 Å². The fourth-order valence-corrected chi connectivity index (χ4v) is 3.43. The molecule has 1 atom stereocenters. The van der Waals surface area contributed by atoms with Gasteiger partial charge in [0.2, 0.25) is 0 Å². The predicted octanol–water partition coefficient (Wildman–Crippen LogP) is 3.90. The first-order chi connectivity index (χ1) is 10.3. The fraction of sp³-hybridized carbons (Fsp3) is 0.667. The number of nitrogens with one attached hydrogen (secondary N) is 1. The molecule has 0 heterocycles. The number of fused-ring (bicyclic) bond motifs is 1. The minimum absolute atomic E-state index is 0.613. The lowest BCUT2D eigenvalue weighted by Crippen LogP contribution is -2.18. The van der Waals surface area contributed by atoms with Crippen molar-refractivity contribution in [2.24, 2.45) is 0 Å². The van der Waals surface area contributed by atoms with Gasteiger partial charge in [-0.05, 0) is 69.7 Å². The summed E-state index contributed by atoms with van der Waals surface area (Å²) < 4.78 is 11.2. The van der Waals surface area contributed by atoms with Crippen molar-refractivity contribution in [1.82, 2.24) is 5.32 Å². The van der Waals surface area contributed by atoms with Crippen LogP contribution in [0.15, 0.2) is 12.1 Å². The van der Waals surface area contributed by atoms with Crippen molar-refractivity contribution in [2.45, 2.75) is 51.4 Å². The average Bonchev–Trinajstić information content (AvgIpc) is 2.53. The van der Waals surface area contributed by atoms with E-state index in [0.29, 0.717) is 5.92 Å². The topological polar surface area (TPSA) is 30.5 Å². The Morgan fingerprint density at radius 1 is 1.14 bits per heavy atom. The van der Waals surface area contributed by atoms with Crippen LogP contribution in [0.3, 0.4) is 0 Å². The molecular formula is C18H29NO2. The lowest BCUT2D eigenvalue weighted by atomic mass is 9.79. The summed E-state index contributed by atoms with van der Waals surface area (Å²) in [4.78, 5) is 0. The molecule has 1 aromatic carbocycles. The second-order valence-corrected chi connectivity index (χ2v) is 5.84. The van der Waals surface area contributed by atoms with E-state index in [1.807, 2.05) is 6.07 Å². The van der Waals surface area contributed by atoms with Crippen molar-refractivity contribution in [3.63, 3.8) is 0 Å². The Morgan fingerprint density at radius 2 is 1.90 bits per heavy atom. The monoisotopic (exact) mass is 291 g/mol. The summed E-state index contributed by atoms with van der Waals surface area (Å²) in [6.07, 6.45) is 7.29. The molecule has 0 spiro atoms. The van der Waals surface area contributed by atoms with E-state index in [0.717, 1.165) is 31.0 Å². The molecule has 0 bridgehead atoms. The van der Waals surface area contributed by atoms with Crippen LogP contribution in [0.2, 0.25) is 0 Å². The molecular weight excluding hydrogens is 262 g/mol. The molecule has 3 heteroatoms. The maximum absolute atomic E-state index is 5.62. The van der Waals surface area contributed by atoms with E-state index in [2.05, 4.69) is 18.3 Å². The van der Waals surface area contributed by atoms with Crippen molar-refractivity contribution in [3.05, 3.63) is 23.3 Å². The lowest BCUT2D eigenvalue weighted by Gasteiger charge is -2.28. The third kappa shape index (κ3) is 3.91. The first kappa shape index (κ1) is 16.2. The highest BCUT2D eigenvalue weighted by Crippen LogP contribution is 2.44. The Labute approximate surface area is 129 Å². The Morgan fingerprint density at radius 3 is 2.62 bits per heavy atom. The first-order valence-corrected chi connectivity index (χ1v) is 8.26. The normalized spacial score (nSPS) is 17.4. The smallest absolute Gasteiger partial charge is 0.122 e. The van der Waals surface area contributed by atoms with Crippen molar-refractivity contribution in [1.29, 1.82) is 0 Å². The summed E-state index contributed by atoms with van der Waals surface area (Å²) in [6, 6.07) is 4.11. The molecule has 0 aliphatic heterocycles. The van der Waals surface area contributed by atoms with Gasteiger partial charge < -0.3 is 14.8 Å². The molecule has 3 nitrogen and oxygen atoms in total. The maximum Gasteiger partial charge on any atom is 0.122 e. The third-order valence-electron chi connectivity index (χ3n) is 4.43. The van der Waals surface area contributed by atoms with Crippen LogP contribution in [0.25, 0.3) is 0 Å². The fourth-order valence-electron chi connectivity index (χ4n) is 3.43. The van der Waals surface area contributed by atoms with Gasteiger partial charge in [0, 0.05) is 11.1 Å². The van der Waals surface area contributed by atoms with E-state index >= 15 is 0 Å². The molecule has 118 valence electrons. The average molecular weight is 291 g/mol. The summed E-state index contributed by atoms with van der Waals surface area (Å²) in [5, 5.41) is 3.49. The lowest BCUT2D eigenvalue weighted by molar-refractivity contribution is 0.376. The van der Waals surface area contributed by atoms with Crippen molar-refractivity contribution in [3.8, 4) is 11.5 Å². The summed E-state index contributed by atoms with van der Waals surface area (Å²) >= 11 is 0. The molecule has 1 aromatic rings. The van der Waals surface area contributed by atoms with E-state index in [4.69, 9.17) is 9.47 Å². The number of hydrogen-bond donors (Lipinski definition) is 1. The van der Waals surface area contributed by atoms with Gasteiger partial charge in [0.05, 0.1) is 14.2 Å². The quantitative estimate of drug-likeness (QED) is 0.737. The van der Waals surface area contributed by atoms with Crippen LogP contribution >= 0.6 is 0 Å². The molecule has 0 amide bonds. The second kappa shape index (κ2) is 8.28.